The minimum Gasteiger partial charge on any atom is -0.507 e. The van der Waals surface area contributed by atoms with E-state index in [9.17, 15) is 14.7 Å². The molecule has 35 heavy (non-hydrogen) atoms. The summed E-state index contributed by atoms with van der Waals surface area (Å²) in [6, 6.07) is 18.8. The van der Waals surface area contributed by atoms with Crippen LogP contribution in [-0.4, -0.2) is 37.1 Å². The number of carbonyl (C=O) groups is 2. The summed E-state index contributed by atoms with van der Waals surface area (Å²) in [6.45, 7) is 2.90. The van der Waals surface area contributed by atoms with Crippen molar-refractivity contribution in [3.63, 3.8) is 0 Å². The number of carbonyl (C=O) groups excluding carboxylic acids is 2. The normalized spacial score (nSPS) is 18.6. The van der Waals surface area contributed by atoms with Gasteiger partial charge in [0.2, 0.25) is 0 Å². The third-order valence-corrected chi connectivity index (χ3v) is 6.30. The number of rotatable bonds is 5. The Kier molecular flexibility index (Phi) is 5.91. The van der Waals surface area contributed by atoms with E-state index in [4.69, 9.17) is 14.2 Å². The predicted molar refractivity (Wildman–Crippen MR) is 131 cm³/mol. The number of hydrogen-bond donors (Lipinski definition) is 1. The number of ether oxygens (including phenoxy) is 3. The van der Waals surface area contributed by atoms with Crippen molar-refractivity contribution in [3.05, 3.63) is 89.0 Å². The fourth-order valence-corrected chi connectivity index (χ4v) is 4.46. The lowest BCUT2D eigenvalue weighted by Gasteiger charge is -2.27. The van der Waals surface area contributed by atoms with E-state index >= 15 is 0 Å². The Hall–Kier alpha value is -4.26. The second-order valence-electron chi connectivity index (χ2n) is 8.32. The monoisotopic (exact) mass is 471 g/mol. The van der Waals surface area contributed by atoms with Crippen molar-refractivity contribution in [1.82, 2.24) is 0 Å². The number of aliphatic hydroxyl groups is 1. The van der Waals surface area contributed by atoms with E-state index in [0.29, 0.717) is 47.3 Å². The fourth-order valence-electron chi connectivity index (χ4n) is 4.46. The maximum absolute atomic E-state index is 13.4. The molecule has 2 aliphatic heterocycles. The molecule has 1 fully saturated rings. The van der Waals surface area contributed by atoms with E-state index in [1.54, 1.807) is 42.5 Å². The molecule has 1 saturated heterocycles. The van der Waals surface area contributed by atoms with Crippen LogP contribution in [0.1, 0.15) is 29.7 Å². The van der Waals surface area contributed by atoms with Gasteiger partial charge >= 0.3 is 0 Å². The summed E-state index contributed by atoms with van der Waals surface area (Å²) in [6.07, 6.45) is 0.854. The average Bonchev–Trinajstić information content (AvgIpc) is 3.18. The summed E-state index contributed by atoms with van der Waals surface area (Å²) in [7, 11) is 1.52. The van der Waals surface area contributed by atoms with Crippen LogP contribution in [0.4, 0.5) is 5.69 Å². The molecule has 178 valence electrons. The third kappa shape index (κ3) is 3.99. The number of amides is 1. The molecule has 7 nitrogen and oxygen atoms in total. The smallest absolute Gasteiger partial charge is 0.300 e. The number of methoxy groups -OCH3 is 1. The van der Waals surface area contributed by atoms with Crippen molar-refractivity contribution >= 4 is 23.1 Å². The zero-order chi connectivity index (χ0) is 24.5. The number of aliphatic hydroxyl groups excluding tert-OH is 1. The van der Waals surface area contributed by atoms with Crippen molar-refractivity contribution in [2.45, 2.75) is 19.4 Å². The zero-order valence-electron chi connectivity index (χ0n) is 19.5. The van der Waals surface area contributed by atoms with Crippen molar-refractivity contribution in [1.29, 1.82) is 0 Å². The number of Topliss-reactive ketones (excluding diaryl/α,β-unsaturated/α-hetero) is 1. The highest BCUT2D eigenvalue weighted by Crippen LogP contribution is 2.44. The van der Waals surface area contributed by atoms with Crippen LogP contribution in [-0.2, 0) is 16.0 Å². The topological polar surface area (TPSA) is 85.3 Å². The Bertz CT molecular complexity index is 1330. The summed E-state index contributed by atoms with van der Waals surface area (Å²) in [5, 5.41) is 11.3. The standard InChI is InChI=1S/C28H25NO6/c1-3-17-7-9-18(10-8-17)25-24(26(30)19-5-4-6-21(15-19)33-2)27(31)28(32)29(25)20-11-12-22-23(16-20)35-14-13-34-22/h4-12,15-16,25,30H,3,13-14H2,1-2H3/b26-24+. The highest BCUT2D eigenvalue weighted by Gasteiger charge is 2.47. The molecule has 3 aromatic carbocycles. The molecule has 0 saturated carbocycles. The van der Waals surface area contributed by atoms with Crippen LogP contribution in [0.15, 0.2) is 72.3 Å². The van der Waals surface area contributed by atoms with E-state index < -0.39 is 17.7 Å². The summed E-state index contributed by atoms with van der Waals surface area (Å²) >= 11 is 0. The van der Waals surface area contributed by atoms with Crippen LogP contribution < -0.4 is 19.1 Å². The summed E-state index contributed by atoms with van der Waals surface area (Å²) in [5.41, 5.74) is 2.71. The molecule has 5 rings (SSSR count). The Morgan fingerprint density at radius 1 is 1.00 bits per heavy atom. The van der Waals surface area contributed by atoms with Gasteiger partial charge < -0.3 is 19.3 Å². The minimum absolute atomic E-state index is 0.0161. The molecule has 0 spiro atoms. The SMILES string of the molecule is CCc1ccc(C2/C(=C(\O)c3cccc(OC)c3)C(=O)C(=O)N2c2ccc3c(c2)OCCO3)cc1. The first-order chi connectivity index (χ1) is 17.0. The van der Waals surface area contributed by atoms with E-state index in [0.717, 1.165) is 12.0 Å². The van der Waals surface area contributed by atoms with Gasteiger partial charge in [0, 0.05) is 17.3 Å². The van der Waals surface area contributed by atoms with Gasteiger partial charge in [-0.05, 0) is 41.8 Å². The van der Waals surface area contributed by atoms with Crippen LogP contribution >= 0.6 is 0 Å². The maximum atomic E-state index is 13.4. The molecule has 0 radical (unpaired) electrons. The van der Waals surface area contributed by atoms with Gasteiger partial charge in [0.25, 0.3) is 11.7 Å². The lowest BCUT2D eigenvalue weighted by molar-refractivity contribution is -0.132. The number of anilines is 1. The largest absolute Gasteiger partial charge is 0.507 e. The zero-order valence-corrected chi connectivity index (χ0v) is 19.5. The van der Waals surface area contributed by atoms with Gasteiger partial charge in [-0.15, -0.1) is 0 Å². The molecule has 0 aliphatic carbocycles. The molecule has 7 heteroatoms. The molecular weight excluding hydrogens is 446 g/mol. The highest BCUT2D eigenvalue weighted by atomic mass is 16.6. The van der Waals surface area contributed by atoms with Crippen molar-refractivity contribution in [3.8, 4) is 17.2 Å². The van der Waals surface area contributed by atoms with Crippen LogP contribution in [0.2, 0.25) is 0 Å². The van der Waals surface area contributed by atoms with Gasteiger partial charge in [-0.25, -0.2) is 0 Å². The molecule has 3 aromatic rings. The molecule has 0 bridgehead atoms. The van der Waals surface area contributed by atoms with Crippen LogP contribution in [0.3, 0.4) is 0 Å². The molecular formula is C28H25NO6. The van der Waals surface area contributed by atoms with E-state index in [-0.39, 0.29) is 11.3 Å². The van der Waals surface area contributed by atoms with Crippen LogP contribution in [0.25, 0.3) is 5.76 Å². The predicted octanol–water partition coefficient (Wildman–Crippen LogP) is 4.66. The summed E-state index contributed by atoms with van der Waals surface area (Å²) < 4.78 is 16.6. The number of aryl methyl sites for hydroxylation is 1. The number of ketones is 1. The Labute approximate surface area is 203 Å². The highest BCUT2D eigenvalue weighted by molar-refractivity contribution is 6.51. The van der Waals surface area contributed by atoms with Gasteiger partial charge in [0.15, 0.2) is 11.5 Å². The number of fused-ring (bicyclic) bond motifs is 1. The lowest BCUT2D eigenvalue weighted by atomic mass is 9.94. The Morgan fingerprint density at radius 3 is 2.46 bits per heavy atom. The lowest BCUT2D eigenvalue weighted by Crippen LogP contribution is -2.29. The van der Waals surface area contributed by atoms with E-state index in [2.05, 4.69) is 6.92 Å². The number of nitrogens with zero attached hydrogens (tertiary/aromatic N) is 1. The second kappa shape index (κ2) is 9.18. The summed E-state index contributed by atoms with van der Waals surface area (Å²) in [5.74, 6) is -0.133. The van der Waals surface area contributed by atoms with E-state index in [1.807, 2.05) is 24.3 Å². The van der Waals surface area contributed by atoms with Crippen molar-refractivity contribution in [2.75, 3.05) is 25.2 Å². The quantitative estimate of drug-likeness (QED) is 0.331. The van der Waals surface area contributed by atoms with Crippen LogP contribution in [0, 0.1) is 0 Å². The van der Waals surface area contributed by atoms with Gasteiger partial charge in [0.05, 0.1) is 18.7 Å². The van der Waals surface area contributed by atoms with Gasteiger partial charge in [0.1, 0.15) is 24.7 Å². The maximum Gasteiger partial charge on any atom is 0.300 e. The third-order valence-electron chi connectivity index (χ3n) is 6.30. The minimum atomic E-state index is -0.824. The Morgan fingerprint density at radius 2 is 1.74 bits per heavy atom. The van der Waals surface area contributed by atoms with Crippen molar-refractivity contribution in [2.24, 2.45) is 0 Å². The first-order valence-electron chi connectivity index (χ1n) is 11.5. The van der Waals surface area contributed by atoms with Gasteiger partial charge in [-0.1, -0.05) is 43.3 Å². The Balaban J connectivity index is 1.69. The molecule has 1 unspecified atom stereocenters. The average molecular weight is 472 g/mol. The number of benzene rings is 3. The summed E-state index contributed by atoms with van der Waals surface area (Å²) in [4.78, 5) is 28.2. The van der Waals surface area contributed by atoms with E-state index in [1.165, 1.54) is 12.0 Å². The van der Waals surface area contributed by atoms with Crippen molar-refractivity contribution < 1.29 is 28.9 Å². The van der Waals surface area contributed by atoms with Crippen LogP contribution in [0.5, 0.6) is 17.2 Å². The second-order valence-corrected chi connectivity index (χ2v) is 8.32. The van der Waals surface area contributed by atoms with Gasteiger partial charge in [-0.3, -0.25) is 14.5 Å². The molecule has 1 atom stereocenters. The molecule has 1 amide bonds. The molecule has 1 N–H and O–H groups in total. The number of hydrogen-bond acceptors (Lipinski definition) is 6. The first-order valence-corrected chi connectivity index (χ1v) is 11.5. The van der Waals surface area contributed by atoms with Gasteiger partial charge in [-0.2, -0.15) is 0 Å². The first kappa shape index (κ1) is 22.5. The molecule has 2 heterocycles. The molecule has 0 aromatic heterocycles. The molecule has 2 aliphatic rings. The fraction of sp³-hybridized carbons (Fsp3) is 0.214.